The van der Waals surface area contributed by atoms with Crippen molar-refractivity contribution in [2.45, 2.75) is 32.2 Å². The summed E-state index contributed by atoms with van der Waals surface area (Å²) in [5.41, 5.74) is 6.80. The van der Waals surface area contributed by atoms with Crippen LogP contribution in [-0.2, 0) is 4.74 Å². The van der Waals surface area contributed by atoms with Crippen LogP contribution in [0.5, 0.6) is 0 Å². The molecule has 5 heteroatoms. The van der Waals surface area contributed by atoms with Crippen LogP contribution < -0.4 is 5.73 Å². The van der Waals surface area contributed by atoms with E-state index in [9.17, 15) is 0 Å². The minimum Gasteiger partial charge on any atom is -0.381 e. The van der Waals surface area contributed by atoms with Gasteiger partial charge in [0.05, 0.1) is 18.3 Å². The fraction of sp³-hybridized carbons (Fsp3) is 0.778. The van der Waals surface area contributed by atoms with Gasteiger partial charge >= 0.3 is 0 Å². The molecule has 2 N–H and O–H groups in total. The molecule has 1 aromatic rings. The Morgan fingerprint density at radius 2 is 2.36 bits per heavy atom. The van der Waals surface area contributed by atoms with E-state index in [1.165, 1.54) is 0 Å². The first-order chi connectivity index (χ1) is 6.70. The quantitative estimate of drug-likeness (QED) is 0.764. The first kappa shape index (κ1) is 9.45. The van der Waals surface area contributed by atoms with E-state index in [1.807, 2.05) is 4.68 Å². The summed E-state index contributed by atoms with van der Waals surface area (Å²) in [5, 5.41) is 8.00. The van der Waals surface area contributed by atoms with E-state index in [-0.39, 0.29) is 0 Å². The fourth-order valence-electron chi connectivity index (χ4n) is 1.86. The molecule has 0 radical (unpaired) electrons. The molecule has 1 fully saturated rings. The number of nitrogens with zero attached hydrogens (tertiary/aromatic N) is 3. The van der Waals surface area contributed by atoms with Gasteiger partial charge in [0.25, 0.3) is 0 Å². The highest BCUT2D eigenvalue weighted by molar-refractivity contribution is 5.35. The van der Waals surface area contributed by atoms with Crippen LogP contribution >= 0.6 is 0 Å². The second-order valence-corrected chi connectivity index (χ2v) is 3.98. The molecule has 0 saturated carbocycles. The van der Waals surface area contributed by atoms with Gasteiger partial charge in [0.2, 0.25) is 0 Å². The van der Waals surface area contributed by atoms with E-state index >= 15 is 0 Å². The van der Waals surface area contributed by atoms with Crippen molar-refractivity contribution < 1.29 is 4.74 Å². The van der Waals surface area contributed by atoms with Gasteiger partial charge in [0.15, 0.2) is 5.82 Å². The molecule has 1 aliphatic heterocycles. The third-order valence-corrected chi connectivity index (χ3v) is 2.56. The Labute approximate surface area is 83.2 Å². The van der Waals surface area contributed by atoms with Crippen molar-refractivity contribution >= 4 is 5.82 Å². The van der Waals surface area contributed by atoms with Crippen molar-refractivity contribution in [3.63, 3.8) is 0 Å². The van der Waals surface area contributed by atoms with Crippen LogP contribution in [0, 0.1) is 0 Å². The van der Waals surface area contributed by atoms with Crippen LogP contribution in [-0.4, -0.2) is 28.2 Å². The van der Waals surface area contributed by atoms with Crippen LogP contribution in [0.3, 0.4) is 0 Å². The third kappa shape index (κ3) is 1.48. The number of rotatable bonds is 2. The lowest BCUT2D eigenvalue weighted by Crippen LogP contribution is -2.15. The summed E-state index contributed by atoms with van der Waals surface area (Å²) in [6.07, 6.45) is 1.00. The van der Waals surface area contributed by atoms with Crippen molar-refractivity contribution in [1.82, 2.24) is 15.0 Å². The maximum atomic E-state index is 5.77. The van der Waals surface area contributed by atoms with Crippen molar-refractivity contribution in [2.75, 3.05) is 18.9 Å². The van der Waals surface area contributed by atoms with Crippen molar-refractivity contribution in [3.05, 3.63) is 5.69 Å². The molecule has 1 atom stereocenters. The van der Waals surface area contributed by atoms with Gasteiger partial charge < -0.3 is 10.5 Å². The molecule has 5 nitrogen and oxygen atoms in total. The van der Waals surface area contributed by atoms with Crippen LogP contribution in [0.4, 0.5) is 5.82 Å². The Morgan fingerprint density at radius 3 is 2.93 bits per heavy atom. The second-order valence-electron chi connectivity index (χ2n) is 3.98. The van der Waals surface area contributed by atoms with Crippen LogP contribution in [0.15, 0.2) is 0 Å². The summed E-state index contributed by atoms with van der Waals surface area (Å²) in [4.78, 5) is 0. The number of ether oxygens (including phenoxy) is 1. The van der Waals surface area contributed by atoms with Crippen LogP contribution in [0.25, 0.3) is 0 Å². The molecular formula is C9H16N4O. The summed E-state index contributed by atoms with van der Waals surface area (Å²) in [6.45, 7) is 5.73. The minimum atomic E-state index is 0.317. The molecule has 0 amide bonds. The van der Waals surface area contributed by atoms with E-state index in [4.69, 9.17) is 10.5 Å². The standard InChI is InChI=1S/C9H16N4O/c1-6(2)8-9(10)11-12-13(8)7-3-4-14-5-7/h6-7H,3-5,10H2,1-2H3. The number of hydrogen-bond acceptors (Lipinski definition) is 4. The normalized spacial score (nSPS) is 22.1. The molecule has 0 spiro atoms. The van der Waals surface area contributed by atoms with E-state index < -0.39 is 0 Å². The predicted octanol–water partition coefficient (Wildman–Crippen LogP) is 0.945. The topological polar surface area (TPSA) is 66.0 Å². The largest absolute Gasteiger partial charge is 0.381 e. The highest BCUT2D eigenvalue weighted by Gasteiger charge is 2.24. The molecule has 1 unspecified atom stereocenters. The molecule has 1 saturated heterocycles. The average molecular weight is 196 g/mol. The Kier molecular flexibility index (Phi) is 2.41. The lowest BCUT2D eigenvalue weighted by molar-refractivity contribution is 0.183. The van der Waals surface area contributed by atoms with E-state index in [2.05, 4.69) is 24.2 Å². The highest BCUT2D eigenvalue weighted by Crippen LogP contribution is 2.26. The Balaban J connectivity index is 2.32. The fourth-order valence-corrected chi connectivity index (χ4v) is 1.86. The van der Waals surface area contributed by atoms with Gasteiger partial charge in [-0.25, -0.2) is 4.68 Å². The lowest BCUT2D eigenvalue weighted by atomic mass is 10.1. The Morgan fingerprint density at radius 1 is 1.57 bits per heavy atom. The monoisotopic (exact) mass is 196 g/mol. The van der Waals surface area contributed by atoms with Crippen molar-refractivity contribution in [2.24, 2.45) is 0 Å². The van der Waals surface area contributed by atoms with Gasteiger partial charge in [-0.15, -0.1) is 5.10 Å². The molecule has 1 aliphatic rings. The summed E-state index contributed by atoms with van der Waals surface area (Å²) in [6, 6.07) is 0.317. The first-order valence-electron chi connectivity index (χ1n) is 4.98. The van der Waals surface area contributed by atoms with Crippen molar-refractivity contribution in [1.29, 1.82) is 0 Å². The lowest BCUT2D eigenvalue weighted by Gasteiger charge is -2.13. The number of anilines is 1. The average Bonchev–Trinajstić information content (AvgIpc) is 2.70. The predicted molar refractivity (Wildman–Crippen MR) is 53.0 cm³/mol. The summed E-state index contributed by atoms with van der Waals surface area (Å²) in [5.74, 6) is 0.900. The van der Waals surface area contributed by atoms with Crippen molar-refractivity contribution in [3.8, 4) is 0 Å². The molecule has 0 bridgehead atoms. The third-order valence-electron chi connectivity index (χ3n) is 2.56. The molecule has 0 aliphatic carbocycles. The highest BCUT2D eigenvalue weighted by atomic mass is 16.5. The molecule has 2 rings (SSSR count). The molecule has 1 aromatic heterocycles. The Bertz CT molecular complexity index is 315. The van der Waals surface area contributed by atoms with E-state index in [0.717, 1.165) is 25.3 Å². The molecule has 0 aromatic carbocycles. The van der Waals surface area contributed by atoms with Crippen LogP contribution in [0.1, 0.15) is 37.9 Å². The minimum absolute atomic E-state index is 0.317. The maximum absolute atomic E-state index is 5.77. The Hall–Kier alpha value is -1.10. The van der Waals surface area contributed by atoms with Gasteiger partial charge in [-0.3, -0.25) is 0 Å². The molecule has 14 heavy (non-hydrogen) atoms. The zero-order valence-electron chi connectivity index (χ0n) is 8.60. The molecular weight excluding hydrogens is 180 g/mol. The summed E-state index contributed by atoms with van der Waals surface area (Å²) >= 11 is 0. The number of hydrogen-bond donors (Lipinski definition) is 1. The van der Waals surface area contributed by atoms with E-state index in [1.54, 1.807) is 0 Å². The zero-order chi connectivity index (χ0) is 10.1. The van der Waals surface area contributed by atoms with Gasteiger partial charge in [0, 0.05) is 6.61 Å². The smallest absolute Gasteiger partial charge is 0.169 e. The maximum Gasteiger partial charge on any atom is 0.169 e. The summed E-state index contributed by atoms with van der Waals surface area (Å²) < 4.78 is 7.25. The van der Waals surface area contributed by atoms with Gasteiger partial charge in [0.1, 0.15) is 0 Å². The second kappa shape index (κ2) is 3.57. The molecule has 2 heterocycles. The number of nitrogen functional groups attached to an aromatic ring is 1. The summed E-state index contributed by atoms with van der Waals surface area (Å²) in [7, 11) is 0. The van der Waals surface area contributed by atoms with Gasteiger partial charge in [-0.1, -0.05) is 19.1 Å². The van der Waals surface area contributed by atoms with Crippen LogP contribution in [0.2, 0.25) is 0 Å². The number of aromatic nitrogens is 3. The zero-order valence-corrected chi connectivity index (χ0v) is 8.60. The van der Waals surface area contributed by atoms with Gasteiger partial charge in [-0.05, 0) is 12.3 Å². The molecule has 78 valence electrons. The SMILES string of the molecule is CC(C)c1c(N)nnn1C1CCOC1. The van der Waals surface area contributed by atoms with Gasteiger partial charge in [-0.2, -0.15) is 0 Å². The van der Waals surface area contributed by atoms with E-state index in [0.29, 0.717) is 17.8 Å². The number of nitrogens with two attached hydrogens (primary N) is 1. The first-order valence-corrected chi connectivity index (χ1v) is 4.98.